The van der Waals surface area contributed by atoms with Gasteiger partial charge in [-0.25, -0.2) is 4.98 Å². The minimum atomic E-state index is 1.05. The molecule has 1 heterocycles. The molecule has 2 aromatic rings. The third-order valence-electron chi connectivity index (χ3n) is 2.84. The molecule has 0 bridgehead atoms. The third kappa shape index (κ3) is 3.91. The smallest absolute Gasteiger partial charge is 0.0954 e. The second-order valence-electron chi connectivity index (χ2n) is 4.33. The maximum absolute atomic E-state index is 4.46. The summed E-state index contributed by atoms with van der Waals surface area (Å²) in [5.74, 6) is 2.45. The van der Waals surface area contributed by atoms with Crippen molar-refractivity contribution in [1.82, 2.24) is 9.55 Å². The molecule has 3 heteroatoms. The second kappa shape index (κ2) is 7.27. The van der Waals surface area contributed by atoms with E-state index in [1.165, 1.54) is 29.9 Å². The van der Waals surface area contributed by atoms with Crippen molar-refractivity contribution in [1.29, 1.82) is 0 Å². The van der Waals surface area contributed by atoms with Gasteiger partial charge in [-0.05, 0) is 12.2 Å². The number of hydrogen-bond acceptors (Lipinski definition) is 2. The zero-order chi connectivity index (χ0) is 12.6. The van der Waals surface area contributed by atoms with Crippen molar-refractivity contribution < 1.29 is 0 Å². The van der Waals surface area contributed by atoms with Gasteiger partial charge in [-0.2, -0.15) is 11.8 Å². The molecule has 0 saturated carbocycles. The number of aryl methyl sites for hydroxylation is 1. The average Bonchev–Trinajstić information content (AvgIpc) is 2.88. The monoisotopic (exact) mass is 260 g/mol. The first-order valence-electron chi connectivity index (χ1n) is 6.55. The lowest BCUT2D eigenvalue weighted by atomic mass is 10.2. The Hall–Kier alpha value is -1.22. The zero-order valence-electron chi connectivity index (χ0n) is 10.9. The van der Waals surface area contributed by atoms with Gasteiger partial charge in [-0.15, -0.1) is 0 Å². The van der Waals surface area contributed by atoms with Crippen molar-refractivity contribution in [2.45, 2.75) is 26.3 Å². The van der Waals surface area contributed by atoms with Gasteiger partial charge in [0.1, 0.15) is 0 Å². The lowest BCUT2D eigenvalue weighted by Gasteiger charge is -2.01. The minimum absolute atomic E-state index is 1.05. The fourth-order valence-electron chi connectivity index (χ4n) is 1.76. The first-order valence-corrected chi connectivity index (χ1v) is 7.70. The highest BCUT2D eigenvalue weighted by molar-refractivity contribution is 7.99. The third-order valence-corrected chi connectivity index (χ3v) is 3.89. The molecule has 0 saturated heterocycles. The van der Waals surface area contributed by atoms with Crippen LogP contribution in [0.25, 0.3) is 11.3 Å². The normalized spacial score (nSPS) is 10.7. The van der Waals surface area contributed by atoms with Crippen LogP contribution in [0.3, 0.4) is 0 Å². The number of hydrogen-bond donors (Lipinski definition) is 0. The summed E-state index contributed by atoms with van der Waals surface area (Å²) in [5.41, 5.74) is 2.25. The largest absolute Gasteiger partial charge is 0.336 e. The van der Waals surface area contributed by atoms with E-state index < -0.39 is 0 Å². The van der Waals surface area contributed by atoms with Crippen molar-refractivity contribution in [2.24, 2.45) is 0 Å². The predicted molar refractivity (Wildman–Crippen MR) is 79.9 cm³/mol. The molecule has 0 amide bonds. The first-order chi connectivity index (χ1) is 8.90. The minimum Gasteiger partial charge on any atom is -0.336 e. The molecule has 0 aliphatic heterocycles. The van der Waals surface area contributed by atoms with Gasteiger partial charge >= 0.3 is 0 Å². The van der Waals surface area contributed by atoms with Crippen molar-refractivity contribution in [3.05, 3.63) is 42.9 Å². The summed E-state index contributed by atoms with van der Waals surface area (Å²) in [7, 11) is 0. The Bertz CT molecular complexity index is 451. The van der Waals surface area contributed by atoms with Crippen molar-refractivity contribution in [3.63, 3.8) is 0 Å². The molecule has 1 aromatic heterocycles. The molecule has 0 aliphatic carbocycles. The number of unbranched alkanes of at least 4 members (excludes halogenated alkanes) is 1. The van der Waals surface area contributed by atoms with E-state index >= 15 is 0 Å². The number of rotatable bonds is 7. The van der Waals surface area contributed by atoms with Gasteiger partial charge in [0.15, 0.2) is 0 Å². The molecule has 0 unspecified atom stereocenters. The van der Waals surface area contributed by atoms with Gasteiger partial charge in [-0.1, -0.05) is 43.7 Å². The van der Waals surface area contributed by atoms with Crippen LogP contribution in [0.1, 0.15) is 19.8 Å². The highest BCUT2D eigenvalue weighted by Gasteiger charge is 2.00. The molecule has 0 N–H and O–H groups in total. The van der Waals surface area contributed by atoms with Crippen molar-refractivity contribution >= 4 is 11.8 Å². The van der Waals surface area contributed by atoms with Crippen LogP contribution in [-0.2, 0) is 6.54 Å². The Morgan fingerprint density at radius 3 is 2.78 bits per heavy atom. The summed E-state index contributed by atoms with van der Waals surface area (Å²) < 4.78 is 2.18. The van der Waals surface area contributed by atoms with Crippen LogP contribution in [0.4, 0.5) is 0 Å². The zero-order valence-corrected chi connectivity index (χ0v) is 11.7. The molecule has 18 heavy (non-hydrogen) atoms. The highest BCUT2D eigenvalue weighted by atomic mass is 32.2. The van der Waals surface area contributed by atoms with E-state index in [-0.39, 0.29) is 0 Å². The molecule has 96 valence electrons. The second-order valence-corrected chi connectivity index (χ2v) is 5.55. The molecule has 2 nitrogen and oxygen atoms in total. The van der Waals surface area contributed by atoms with Crippen molar-refractivity contribution in [3.8, 4) is 11.3 Å². The molecular formula is C15H20N2S. The molecule has 0 aliphatic rings. The van der Waals surface area contributed by atoms with E-state index in [0.29, 0.717) is 0 Å². The molecule has 0 atom stereocenters. The van der Waals surface area contributed by atoms with Gasteiger partial charge in [-0.3, -0.25) is 0 Å². The maximum atomic E-state index is 4.46. The van der Waals surface area contributed by atoms with E-state index in [2.05, 4.69) is 46.9 Å². The summed E-state index contributed by atoms with van der Waals surface area (Å²) in [6, 6.07) is 10.3. The van der Waals surface area contributed by atoms with Crippen LogP contribution < -0.4 is 0 Å². The summed E-state index contributed by atoms with van der Waals surface area (Å²) in [5, 5.41) is 0. The van der Waals surface area contributed by atoms with E-state index in [0.717, 1.165) is 12.2 Å². The molecule has 0 radical (unpaired) electrons. The topological polar surface area (TPSA) is 17.8 Å². The van der Waals surface area contributed by atoms with Crippen LogP contribution in [-0.4, -0.2) is 21.1 Å². The van der Waals surface area contributed by atoms with E-state index in [4.69, 9.17) is 0 Å². The molecule has 0 fully saturated rings. The Morgan fingerprint density at radius 1 is 1.17 bits per heavy atom. The molecule has 2 rings (SSSR count). The van der Waals surface area contributed by atoms with Gasteiger partial charge in [0.25, 0.3) is 0 Å². The quantitative estimate of drug-likeness (QED) is 0.698. The summed E-state index contributed by atoms with van der Waals surface area (Å²) in [6.07, 6.45) is 6.68. The lowest BCUT2D eigenvalue weighted by molar-refractivity contribution is 0.769. The fraction of sp³-hybridized carbons (Fsp3) is 0.400. The number of nitrogens with zero attached hydrogens (tertiary/aromatic N) is 2. The van der Waals surface area contributed by atoms with E-state index in [9.17, 15) is 0 Å². The Labute approximate surface area is 113 Å². The Balaban J connectivity index is 1.83. The molecule has 1 aromatic carbocycles. The number of imidazole rings is 1. The highest BCUT2D eigenvalue weighted by Crippen LogP contribution is 2.16. The van der Waals surface area contributed by atoms with Gasteiger partial charge in [0.05, 0.1) is 12.0 Å². The van der Waals surface area contributed by atoms with Crippen LogP contribution in [0, 0.1) is 0 Å². The lowest BCUT2D eigenvalue weighted by Crippen LogP contribution is -1.97. The fourth-order valence-corrected chi connectivity index (χ4v) is 2.80. The number of aromatic nitrogens is 2. The summed E-state index contributed by atoms with van der Waals surface area (Å²) >= 11 is 2.03. The summed E-state index contributed by atoms with van der Waals surface area (Å²) in [6.45, 7) is 3.29. The van der Waals surface area contributed by atoms with E-state index in [1.54, 1.807) is 0 Å². The van der Waals surface area contributed by atoms with Crippen LogP contribution in [0.5, 0.6) is 0 Å². The van der Waals surface area contributed by atoms with Crippen LogP contribution in [0.2, 0.25) is 0 Å². The van der Waals surface area contributed by atoms with Gasteiger partial charge < -0.3 is 4.57 Å². The summed E-state index contributed by atoms with van der Waals surface area (Å²) in [4.78, 5) is 4.46. The Morgan fingerprint density at radius 2 is 2.00 bits per heavy atom. The Kier molecular flexibility index (Phi) is 5.34. The first kappa shape index (κ1) is 13.2. The number of thioether (sulfide) groups is 1. The molecular weight excluding hydrogens is 240 g/mol. The van der Waals surface area contributed by atoms with Gasteiger partial charge in [0.2, 0.25) is 0 Å². The predicted octanol–water partition coefficient (Wildman–Crippen LogP) is 4.08. The average molecular weight is 260 g/mol. The maximum Gasteiger partial charge on any atom is 0.0954 e. The standard InChI is InChI=1S/C15H20N2S/c1-2-3-10-18-11-9-17-12-15(16-13-17)14-7-5-4-6-8-14/h4-8,12-13H,2-3,9-11H2,1H3. The van der Waals surface area contributed by atoms with Gasteiger partial charge in [0, 0.05) is 24.1 Å². The van der Waals surface area contributed by atoms with Crippen LogP contribution in [0.15, 0.2) is 42.9 Å². The SMILES string of the molecule is CCCCSCCn1cnc(-c2ccccc2)c1. The number of benzene rings is 1. The van der Waals surface area contributed by atoms with Crippen molar-refractivity contribution in [2.75, 3.05) is 11.5 Å². The molecule has 0 spiro atoms. The van der Waals surface area contributed by atoms with Crippen LogP contribution >= 0.6 is 11.8 Å². The van der Waals surface area contributed by atoms with E-state index in [1.807, 2.05) is 24.2 Å².